The Bertz CT molecular complexity index is 3000. The normalized spacial score (nSPS) is 14.6. The van der Waals surface area contributed by atoms with Crippen LogP contribution in [0.1, 0.15) is 31.8 Å². The van der Waals surface area contributed by atoms with Crippen molar-refractivity contribution < 1.29 is 6.85 Å². The van der Waals surface area contributed by atoms with Gasteiger partial charge in [0, 0.05) is 16.5 Å². The lowest BCUT2D eigenvalue weighted by Gasteiger charge is -2.23. The van der Waals surface area contributed by atoms with E-state index in [0.717, 1.165) is 49.4 Å². The van der Waals surface area contributed by atoms with Gasteiger partial charge in [-0.05, 0) is 84.8 Å². The molecule has 0 fully saturated rings. The maximum atomic E-state index is 8.93. The summed E-state index contributed by atoms with van der Waals surface area (Å²) in [5, 5.41) is 4.42. The van der Waals surface area contributed by atoms with Crippen LogP contribution in [0.5, 0.6) is 0 Å². The molecule has 1 aliphatic carbocycles. The number of hydrogen-bond acceptors (Lipinski definition) is 1. The Morgan fingerprint density at radius 3 is 1.84 bits per heavy atom. The Balaban J connectivity index is 1.27. The minimum absolute atomic E-state index is 0.0590. The second kappa shape index (κ2) is 10.9. The van der Waals surface area contributed by atoms with Crippen LogP contribution < -0.4 is 0 Å². The van der Waals surface area contributed by atoms with Gasteiger partial charge in [-0.2, -0.15) is 0 Å². The summed E-state index contributed by atoms with van der Waals surface area (Å²) in [4.78, 5) is 4.96. The molecule has 50 heavy (non-hydrogen) atoms. The number of rotatable bonds is 4. The zero-order valence-corrected chi connectivity index (χ0v) is 27.7. The van der Waals surface area contributed by atoms with E-state index in [1.165, 1.54) is 27.8 Å². The number of nitrogens with zero attached hydrogens (tertiary/aromatic N) is 2. The fraction of sp³-hybridized carbons (Fsp3) is 0.0625. The molecule has 1 heterocycles. The topological polar surface area (TPSA) is 17.8 Å². The first-order valence-corrected chi connectivity index (χ1v) is 17.0. The fourth-order valence-corrected chi connectivity index (χ4v) is 8.27. The predicted molar refractivity (Wildman–Crippen MR) is 210 cm³/mol. The highest BCUT2D eigenvalue weighted by Gasteiger charge is 2.35. The van der Waals surface area contributed by atoms with Crippen molar-refractivity contribution in [3.63, 3.8) is 0 Å². The third kappa shape index (κ3) is 4.12. The second-order valence-corrected chi connectivity index (χ2v) is 13.5. The van der Waals surface area contributed by atoms with Crippen molar-refractivity contribution in [2.24, 2.45) is 0 Å². The number of benzene rings is 8. The van der Waals surface area contributed by atoms with Gasteiger partial charge in [0.25, 0.3) is 0 Å². The van der Waals surface area contributed by atoms with E-state index in [-0.39, 0.29) is 28.9 Å². The number of imidazole rings is 1. The lowest BCUT2D eigenvalue weighted by molar-refractivity contribution is 0.660. The monoisotopic (exact) mass is 643 g/mol. The third-order valence-corrected chi connectivity index (χ3v) is 10.5. The van der Waals surface area contributed by atoms with E-state index in [1.54, 1.807) is 0 Å². The summed E-state index contributed by atoms with van der Waals surface area (Å²) in [6, 6.07) is 46.9. The van der Waals surface area contributed by atoms with Gasteiger partial charge in [-0.15, -0.1) is 0 Å². The van der Waals surface area contributed by atoms with Crippen molar-refractivity contribution in [3.05, 3.63) is 181 Å². The Kier molecular flexibility index (Phi) is 5.22. The van der Waals surface area contributed by atoms with Crippen molar-refractivity contribution in [2.45, 2.75) is 19.3 Å². The first kappa shape index (κ1) is 24.0. The molecule has 8 aromatic carbocycles. The number of fused-ring (bicyclic) bond motifs is 6. The molecule has 0 radical (unpaired) electrons. The van der Waals surface area contributed by atoms with Crippen LogP contribution in [0.15, 0.2) is 170 Å². The number of aromatic nitrogens is 2. The lowest BCUT2D eigenvalue weighted by Crippen LogP contribution is -2.14. The molecule has 2 nitrogen and oxygen atoms in total. The smallest absolute Gasteiger partial charge is 0.145 e. The molecule has 0 aliphatic heterocycles. The summed E-state index contributed by atoms with van der Waals surface area (Å²) >= 11 is 0. The SMILES string of the molecule is [2H]c1c([2H])c([2H])c(-c2nc3ccccc3n2-c2ccccc2-c2c3ccccc3c(-c3ccc4c(c3)C(C)(C)c3ccccc3-4)c3ccccc23)c([2H])c1[2H]. The Labute approximate surface area is 299 Å². The van der Waals surface area contributed by atoms with Crippen molar-refractivity contribution in [1.82, 2.24) is 9.55 Å². The molecular weight excluding hydrogens is 605 g/mol. The standard InChI is InChI=1S/C48H34N2/c1-48(2)40-24-12-10-18-33(40)34-29-28-32(30-41(34)48)45-35-19-6-8-21-37(35)46(38-22-9-7-20-36(38)45)39-23-11-14-26-43(39)50-44-27-15-13-25-42(44)49-47(50)31-16-4-3-5-17-31/h3-30H,1-2H3/i3D,4D,5D,16D,17D. The van der Waals surface area contributed by atoms with Crippen LogP contribution in [0.2, 0.25) is 0 Å². The van der Waals surface area contributed by atoms with E-state index in [4.69, 9.17) is 11.8 Å². The first-order chi connectivity index (χ1) is 26.7. The minimum atomic E-state index is -0.434. The average molecular weight is 644 g/mol. The highest BCUT2D eigenvalue weighted by atomic mass is 15.1. The van der Waals surface area contributed by atoms with Crippen molar-refractivity contribution in [1.29, 1.82) is 0 Å². The summed E-state index contributed by atoms with van der Waals surface area (Å²) in [5.41, 5.74) is 11.7. The molecule has 0 spiro atoms. The third-order valence-electron chi connectivity index (χ3n) is 10.5. The van der Waals surface area contributed by atoms with Gasteiger partial charge in [0.1, 0.15) is 5.82 Å². The molecule has 9 aromatic rings. The van der Waals surface area contributed by atoms with Gasteiger partial charge in [0.05, 0.1) is 23.6 Å². The number of para-hydroxylation sites is 3. The van der Waals surface area contributed by atoms with E-state index in [2.05, 4.69) is 111 Å². The highest BCUT2D eigenvalue weighted by Crippen LogP contribution is 2.51. The second-order valence-electron chi connectivity index (χ2n) is 13.5. The molecule has 0 N–H and O–H groups in total. The van der Waals surface area contributed by atoms with Crippen LogP contribution in [-0.4, -0.2) is 9.55 Å². The van der Waals surface area contributed by atoms with Gasteiger partial charge < -0.3 is 0 Å². The lowest BCUT2D eigenvalue weighted by atomic mass is 9.80. The summed E-state index contributed by atoms with van der Waals surface area (Å²) < 4.78 is 45.1. The molecule has 10 rings (SSSR count). The van der Waals surface area contributed by atoms with E-state index in [9.17, 15) is 0 Å². The van der Waals surface area contributed by atoms with Gasteiger partial charge >= 0.3 is 0 Å². The van der Waals surface area contributed by atoms with Crippen LogP contribution in [-0.2, 0) is 5.41 Å². The molecule has 0 saturated heterocycles. The van der Waals surface area contributed by atoms with E-state index in [1.807, 2.05) is 47.0 Å². The molecule has 1 aliphatic rings. The summed E-state index contributed by atoms with van der Waals surface area (Å²) in [7, 11) is 0. The molecule has 0 amide bonds. The largest absolute Gasteiger partial charge is 0.292 e. The average Bonchev–Trinajstić information content (AvgIpc) is 3.70. The first-order valence-electron chi connectivity index (χ1n) is 19.5. The van der Waals surface area contributed by atoms with Gasteiger partial charge in [0.15, 0.2) is 0 Å². The van der Waals surface area contributed by atoms with Gasteiger partial charge in [-0.25, -0.2) is 4.98 Å². The minimum Gasteiger partial charge on any atom is -0.292 e. The zero-order valence-electron chi connectivity index (χ0n) is 32.7. The van der Waals surface area contributed by atoms with Crippen LogP contribution >= 0.6 is 0 Å². The number of hydrogen-bond donors (Lipinski definition) is 0. The van der Waals surface area contributed by atoms with Crippen LogP contribution in [0.4, 0.5) is 0 Å². The van der Waals surface area contributed by atoms with Gasteiger partial charge in [-0.1, -0.05) is 159 Å². The Hall–Kier alpha value is -6.25. The molecule has 0 atom stereocenters. The molecule has 0 bridgehead atoms. The Morgan fingerprint density at radius 2 is 1.10 bits per heavy atom. The quantitative estimate of drug-likeness (QED) is 0.175. The van der Waals surface area contributed by atoms with Crippen molar-refractivity contribution in [3.8, 4) is 50.5 Å². The summed E-state index contributed by atoms with van der Waals surface area (Å²) in [6.45, 7) is 4.63. The van der Waals surface area contributed by atoms with E-state index in [0.29, 0.717) is 5.52 Å². The summed E-state index contributed by atoms with van der Waals surface area (Å²) in [5.74, 6) is 0.289. The van der Waals surface area contributed by atoms with Gasteiger partial charge in [-0.3, -0.25) is 4.57 Å². The predicted octanol–water partition coefficient (Wildman–Crippen LogP) is 12.6. The zero-order chi connectivity index (χ0) is 37.7. The van der Waals surface area contributed by atoms with Gasteiger partial charge in [0.2, 0.25) is 0 Å². The molecule has 236 valence electrons. The Morgan fingerprint density at radius 1 is 0.520 bits per heavy atom. The maximum absolute atomic E-state index is 8.93. The van der Waals surface area contributed by atoms with E-state index >= 15 is 0 Å². The molecule has 2 heteroatoms. The molecule has 1 aromatic heterocycles. The highest BCUT2D eigenvalue weighted by molar-refractivity contribution is 6.22. The molecular formula is C48H34N2. The van der Waals surface area contributed by atoms with Crippen LogP contribution in [0.3, 0.4) is 0 Å². The molecule has 0 saturated carbocycles. The van der Waals surface area contributed by atoms with Crippen molar-refractivity contribution in [2.75, 3.05) is 0 Å². The fourth-order valence-electron chi connectivity index (χ4n) is 8.27. The van der Waals surface area contributed by atoms with E-state index < -0.39 is 18.1 Å². The van der Waals surface area contributed by atoms with Crippen molar-refractivity contribution >= 4 is 32.6 Å². The maximum Gasteiger partial charge on any atom is 0.145 e. The summed E-state index contributed by atoms with van der Waals surface area (Å²) in [6.07, 6.45) is 0. The van der Waals surface area contributed by atoms with Crippen LogP contribution in [0, 0.1) is 0 Å². The van der Waals surface area contributed by atoms with Crippen LogP contribution in [0.25, 0.3) is 83.0 Å². The molecule has 0 unspecified atom stereocenters.